The Morgan fingerprint density at radius 2 is 2.21 bits per heavy atom. The summed E-state index contributed by atoms with van der Waals surface area (Å²) in [7, 11) is 0. The Morgan fingerprint density at radius 3 is 2.79 bits per heavy atom. The molecule has 1 aliphatic heterocycles. The van der Waals surface area contributed by atoms with E-state index in [0.717, 1.165) is 25.3 Å². The van der Waals surface area contributed by atoms with Crippen LogP contribution in [0, 0.1) is 11.8 Å². The van der Waals surface area contributed by atoms with Gasteiger partial charge in [0.25, 0.3) is 0 Å². The van der Waals surface area contributed by atoms with Crippen molar-refractivity contribution in [2.24, 2.45) is 11.8 Å². The first-order valence-electron chi connectivity index (χ1n) is 7.61. The smallest absolute Gasteiger partial charge is 0.326 e. The molecule has 1 saturated carbocycles. The van der Waals surface area contributed by atoms with Gasteiger partial charge in [-0.3, -0.25) is 4.79 Å². The van der Waals surface area contributed by atoms with E-state index in [1.54, 1.807) is 0 Å². The van der Waals surface area contributed by atoms with Gasteiger partial charge in [-0.15, -0.1) is 0 Å². The molecule has 1 heterocycles. The minimum Gasteiger partial charge on any atom is -0.465 e. The highest BCUT2D eigenvalue weighted by atomic mass is 16.5. The van der Waals surface area contributed by atoms with E-state index < -0.39 is 5.54 Å². The van der Waals surface area contributed by atoms with Gasteiger partial charge in [0.05, 0.1) is 12.7 Å². The van der Waals surface area contributed by atoms with Crippen LogP contribution in [0.15, 0.2) is 0 Å². The third-order valence-electron chi connectivity index (χ3n) is 4.25. The van der Waals surface area contributed by atoms with Crippen molar-refractivity contribution in [2.45, 2.75) is 58.1 Å². The van der Waals surface area contributed by atoms with Gasteiger partial charge in [-0.25, -0.2) is 0 Å². The average Bonchev–Trinajstić information content (AvgIpc) is 3.21. The highest BCUT2D eigenvalue weighted by Gasteiger charge is 2.45. The van der Waals surface area contributed by atoms with Crippen molar-refractivity contribution in [3.05, 3.63) is 0 Å². The van der Waals surface area contributed by atoms with Crippen LogP contribution in [0.5, 0.6) is 0 Å². The van der Waals surface area contributed by atoms with E-state index >= 15 is 0 Å². The lowest BCUT2D eigenvalue weighted by Crippen LogP contribution is -2.59. The van der Waals surface area contributed by atoms with Crippen molar-refractivity contribution in [2.75, 3.05) is 19.8 Å². The molecule has 2 aliphatic rings. The normalized spacial score (nSPS) is 31.5. The average molecular weight is 269 g/mol. The van der Waals surface area contributed by atoms with Gasteiger partial charge in [-0.05, 0) is 44.6 Å². The van der Waals surface area contributed by atoms with E-state index in [4.69, 9.17) is 9.47 Å². The van der Waals surface area contributed by atoms with Crippen molar-refractivity contribution in [3.63, 3.8) is 0 Å². The Balaban J connectivity index is 2.04. The van der Waals surface area contributed by atoms with Gasteiger partial charge in [0.1, 0.15) is 5.54 Å². The zero-order valence-corrected chi connectivity index (χ0v) is 12.4. The number of carbonyl (C=O) groups is 1. The minimum atomic E-state index is -0.522. The number of ether oxygens (including phenoxy) is 2. The molecule has 2 fully saturated rings. The summed E-state index contributed by atoms with van der Waals surface area (Å²) in [5, 5.41) is 3.51. The van der Waals surface area contributed by atoms with Crippen LogP contribution < -0.4 is 5.32 Å². The molecule has 0 spiro atoms. The molecule has 0 amide bonds. The summed E-state index contributed by atoms with van der Waals surface area (Å²) >= 11 is 0. The van der Waals surface area contributed by atoms with Crippen LogP contribution in [0.1, 0.15) is 46.5 Å². The lowest BCUT2D eigenvalue weighted by molar-refractivity contribution is -0.159. The summed E-state index contributed by atoms with van der Waals surface area (Å²) in [6.45, 7) is 8.17. The first-order valence-corrected chi connectivity index (χ1v) is 7.61. The molecule has 0 aromatic heterocycles. The lowest BCUT2D eigenvalue weighted by atomic mass is 9.83. The Kier molecular flexibility index (Phi) is 4.85. The zero-order chi connectivity index (χ0) is 13.9. The second-order valence-electron chi connectivity index (χ2n) is 6.23. The lowest BCUT2D eigenvalue weighted by Gasteiger charge is -2.41. The number of carbonyl (C=O) groups excluding carboxylic acids is 1. The topological polar surface area (TPSA) is 47.6 Å². The molecule has 4 nitrogen and oxygen atoms in total. The number of nitrogens with one attached hydrogen (secondary N) is 1. The van der Waals surface area contributed by atoms with Gasteiger partial charge < -0.3 is 14.8 Å². The van der Waals surface area contributed by atoms with E-state index in [9.17, 15) is 4.79 Å². The monoisotopic (exact) mass is 269 g/mol. The number of hydrogen-bond donors (Lipinski definition) is 1. The number of esters is 1. The van der Waals surface area contributed by atoms with Gasteiger partial charge in [-0.2, -0.15) is 0 Å². The third-order valence-corrected chi connectivity index (χ3v) is 4.25. The van der Waals surface area contributed by atoms with Crippen LogP contribution in [0.4, 0.5) is 0 Å². The van der Waals surface area contributed by atoms with Gasteiger partial charge in [0, 0.05) is 13.0 Å². The van der Waals surface area contributed by atoms with Crippen LogP contribution in [-0.4, -0.2) is 37.4 Å². The summed E-state index contributed by atoms with van der Waals surface area (Å²) in [6.07, 6.45) is 4.18. The maximum atomic E-state index is 12.4. The standard InChI is InChI=1S/C15H27NO3/c1-4-18-14(17)15(16-10-12-5-6-12)7-8-19-13(9-15)11(2)3/h11-13,16H,4-10H2,1-3H3. The molecule has 0 aromatic carbocycles. The Bertz CT molecular complexity index is 315. The third kappa shape index (κ3) is 3.69. The molecule has 0 aromatic rings. The fourth-order valence-electron chi connectivity index (χ4n) is 2.67. The summed E-state index contributed by atoms with van der Waals surface area (Å²) in [5.74, 6) is 1.09. The van der Waals surface area contributed by atoms with Crippen molar-refractivity contribution >= 4 is 5.97 Å². The van der Waals surface area contributed by atoms with Crippen molar-refractivity contribution in [1.29, 1.82) is 0 Å². The van der Waals surface area contributed by atoms with E-state index in [-0.39, 0.29) is 12.1 Å². The van der Waals surface area contributed by atoms with Crippen LogP contribution in [0.3, 0.4) is 0 Å². The largest absolute Gasteiger partial charge is 0.465 e. The van der Waals surface area contributed by atoms with Crippen LogP contribution in [0.25, 0.3) is 0 Å². The molecule has 1 saturated heterocycles. The van der Waals surface area contributed by atoms with E-state index in [0.29, 0.717) is 19.1 Å². The van der Waals surface area contributed by atoms with Crippen molar-refractivity contribution in [1.82, 2.24) is 5.32 Å². The summed E-state index contributed by atoms with van der Waals surface area (Å²) < 4.78 is 11.1. The molecule has 1 aliphatic carbocycles. The van der Waals surface area contributed by atoms with Crippen LogP contribution in [0.2, 0.25) is 0 Å². The second kappa shape index (κ2) is 6.23. The molecule has 110 valence electrons. The van der Waals surface area contributed by atoms with Crippen LogP contribution >= 0.6 is 0 Å². The van der Waals surface area contributed by atoms with Crippen LogP contribution in [-0.2, 0) is 14.3 Å². The van der Waals surface area contributed by atoms with Crippen molar-refractivity contribution < 1.29 is 14.3 Å². The number of hydrogen-bond acceptors (Lipinski definition) is 4. The highest BCUT2D eigenvalue weighted by molar-refractivity contribution is 5.81. The van der Waals surface area contributed by atoms with E-state index in [1.165, 1.54) is 12.8 Å². The minimum absolute atomic E-state index is 0.0930. The Hall–Kier alpha value is -0.610. The van der Waals surface area contributed by atoms with E-state index in [2.05, 4.69) is 19.2 Å². The SMILES string of the molecule is CCOC(=O)C1(NCC2CC2)CCOC(C(C)C)C1. The molecule has 4 heteroatoms. The van der Waals surface area contributed by atoms with Gasteiger partial charge in [0.15, 0.2) is 0 Å². The Labute approximate surface area is 116 Å². The first-order chi connectivity index (χ1) is 9.07. The molecular weight excluding hydrogens is 242 g/mol. The predicted molar refractivity (Wildman–Crippen MR) is 73.9 cm³/mol. The van der Waals surface area contributed by atoms with Gasteiger partial charge >= 0.3 is 5.97 Å². The maximum absolute atomic E-state index is 12.4. The second-order valence-corrected chi connectivity index (χ2v) is 6.23. The van der Waals surface area contributed by atoms with Gasteiger partial charge in [-0.1, -0.05) is 13.8 Å². The molecule has 1 N–H and O–H groups in total. The fourth-order valence-corrected chi connectivity index (χ4v) is 2.67. The zero-order valence-electron chi connectivity index (χ0n) is 12.4. The molecule has 19 heavy (non-hydrogen) atoms. The molecule has 2 atom stereocenters. The van der Waals surface area contributed by atoms with Crippen molar-refractivity contribution in [3.8, 4) is 0 Å². The molecule has 0 bridgehead atoms. The first kappa shape index (κ1) is 14.8. The number of rotatable bonds is 6. The molecule has 2 rings (SSSR count). The fraction of sp³-hybridized carbons (Fsp3) is 0.933. The predicted octanol–water partition coefficient (Wildman–Crippen LogP) is 2.12. The summed E-state index contributed by atoms with van der Waals surface area (Å²) in [4.78, 5) is 12.4. The molecule has 0 radical (unpaired) electrons. The summed E-state index contributed by atoms with van der Waals surface area (Å²) in [5.41, 5.74) is -0.522. The van der Waals surface area contributed by atoms with Gasteiger partial charge in [0.2, 0.25) is 0 Å². The maximum Gasteiger partial charge on any atom is 0.326 e. The highest BCUT2D eigenvalue weighted by Crippen LogP contribution is 2.33. The van der Waals surface area contributed by atoms with E-state index in [1.807, 2.05) is 6.92 Å². The summed E-state index contributed by atoms with van der Waals surface area (Å²) in [6, 6.07) is 0. The quantitative estimate of drug-likeness (QED) is 0.750. The Morgan fingerprint density at radius 1 is 1.47 bits per heavy atom. The molecular formula is C15H27NO3. The molecule has 2 unspecified atom stereocenters.